The van der Waals surface area contributed by atoms with Crippen LogP contribution in [-0.2, 0) is 18.9 Å². The molecule has 0 bridgehead atoms. The maximum atomic E-state index is 12.4. The van der Waals surface area contributed by atoms with Gasteiger partial charge in [-0.1, -0.05) is 0 Å². The van der Waals surface area contributed by atoms with Crippen molar-refractivity contribution in [2.75, 3.05) is 0 Å². The molecule has 2 aliphatic heterocycles. The third-order valence-electron chi connectivity index (χ3n) is 5.43. The van der Waals surface area contributed by atoms with Gasteiger partial charge in [0.25, 0.3) is 0 Å². The van der Waals surface area contributed by atoms with Gasteiger partial charge < -0.3 is 18.9 Å². The minimum Gasteiger partial charge on any atom is -0.455 e. The third-order valence-corrected chi connectivity index (χ3v) is 5.43. The van der Waals surface area contributed by atoms with Crippen LogP contribution in [0.15, 0.2) is 36.4 Å². The summed E-state index contributed by atoms with van der Waals surface area (Å²) in [7, 11) is 0. The molecule has 160 valence electrons. The highest BCUT2D eigenvalue weighted by Crippen LogP contribution is 2.30. The molecule has 2 unspecified atom stereocenters. The van der Waals surface area contributed by atoms with Gasteiger partial charge in [-0.05, 0) is 49.2 Å². The quantitative estimate of drug-likeness (QED) is 0.396. The summed E-state index contributed by atoms with van der Waals surface area (Å²) >= 11 is 0. The third kappa shape index (κ3) is 3.13. The van der Waals surface area contributed by atoms with Crippen LogP contribution in [-0.4, -0.2) is 48.0 Å². The standard InChI is InChI=1S/C22H12O10/c23-17(9-1-3-11-13(7-9)21(27)31-19(11)25)29-15-5-6-16(15)30-18(24)10-2-4-12-14(8-10)22(28)32-20(12)26/h1-4,7-8,15-16H,5-6H2. The normalized spacial score (nSPS) is 20.6. The first-order valence-corrected chi connectivity index (χ1v) is 9.55. The lowest BCUT2D eigenvalue weighted by molar-refractivity contribution is -0.0808. The van der Waals surface area contributed by atoms with Gasteiger partial charge >= 0.3 is 35.8 Å². The van der Waals surface area contributed by atoms with E-state index in [0.717, 1.165) is 0 Å². The summed E-state index contributed by atoms with van der Waals surface area (Å²) in [6.07, 6.45) is -0.483. The number of carbonyl (C=O) groups is 6. The molecular weight excluding hydrogens is 424 g/mol. The summed E-state index contributed by atoms with van der Waals surface area (Å²) in [4.78, 5) is 71.2. The van der Waals surface area contributed by atoms with Gasteiger partial charge in [0.05, 0.1) is 33.4 Å². The van der Waals surface area contributed by atoms with Crippen LogP contribution in [0.4, 0.5) is 0 Å². The molecule has 5 rings (SSSR count). The van der Waals surface area contributed by atoms with E-state index < -0.39 is 48.0 Å². The smallest absolute Gasteiger partial charge is 0.346 e. The van der Waals surface area contributed by atoms with Crippen molar-refractivity contribution in [1.82, 2.24) is 0 Å². The van der Waals surface area contributed by atoms with Crippen LogP contribution in [0.2, 0.25) is 0 Å². The van der Waals surface area contributed by atoms with Gasteiger partial charge in [0.1, 0.15) is 12.2 Å². The van der Waals surface area contributed by atoms with E-state index in [-0.39, 0.29) is 33.4 Å². The second-order valence-electron chi connectivity index (χ2n) is 7.34. The van der Waals surface area contributed by atoms with Crippen LogP contribution in [0.3, 0.4) is 0 Å². The van der Waals surface area contributed by atoms with Crippen LogP contribution in [0, 0.1) is 0 Å². The number of ether oxygens (including phenoxy) is 4. The van der Waals surface area contributed by atoms with E-state index >= 15 is 0 Å². The number of hydrogen-bond acceptors (Lipinski definition) is 10. The van der Waals surface area contributed by atoms with Gasteiger partial charge in [-0.2, -0.15) is 0 Å². The van der Waals surface area contributed by atoms with Gasteiger partial charge in [-0.15, -0.1) is 0 Å². The average molecular weight is 436 g/mol. The molecule has 2 aromatic carbocycles. The lowest BCUT2D eigenvalue weighted by atomic mass is 9.91. The Morgan fingerprint density at radius 2 is 1.00 bits per heavy atom. The van der Waals surface area contributed by atoms with E-state index in [2.05, 4.69) is 9.47 Å². The molecule has 2 aromatic rings. The fourth-order valence-electron chi connectivity index (χ4n) is 3.54. The second kappa shape index (κ2) is 7.12. The summed E-state index contributed by atoms with van der Waals surface area (Å²) in [5.41, 5.74) is 0.205. The van der Waals surface area contributed by atoms with E-state index in [1.165, 1.54) is 36.4 Å². The Morgan fingerprint density at radius 1 is 0.625 bits per heavy atom. The second-order valence-corrected chi connectivity index (χ2v) is 7.34. The largest absolute Gasteiger partial charge is 0.455 e. The van der Waals surface area contributed by atoms with Crippen molar-refractivity contribution in [3.8, 4) is 0 Å². The number of rotatable bonds is 4. The molecule has 2 heterocycles. The first-order valence-electron chi connectivity index (χ1n) is 9.55. The molecule has 32 heavy (non-hydrogen) atoms. The number of cyclic esters (lactones) is 4. The highest BCUT2D eigenvalue weighted by atomic mass is 16.6. The molecule has 10 heteroatoms. The summed E-state index contributed by atoms with van der Waals surface area (Å²) in [6.45, 7) is 0. The Labute approximate surface area is 179 Å². The highest BCUT2D eigenvalue weighted by Gasteiger charge is 2.39. The minimum atomic E-state index is -0.838. The fourth-order valence-corrected chi connectivity index (χ4v) is 3.54. The van der Waals surface area contributed by atoms with Crippen molar-refractivity contribution in [3.63, 3.8) is 0 Å². The summed E-state index contributed by atoms with van der Waals surface area (Å²) in [5.74, 6) is -4.72. The molecule has 0 radical (unpaired) electrons. The summed E-state index contributed by atoms with van der Waals surface area (Å²) in [6, 6.07) is 7.73. The molecule has 0 saturated heterocycles. The summed E-state index contributed by atoms with van der Waals surface area (Å²) < 4.78 is 19.7. The lowest BCUT2D eigenvalue weighted by Crippen LogP contribution is -2.43. The summed E-state index contributed by atoms with van der Waals surface area (Å²) in [5, 5.41) is 0. The van der Waals surface area contributed by atoms with Gasteiger partial charge in [-0.25, -0.2) is 28.8 Å². The lowest BCUT2D eigenvalue weighted by Gasteiger charge is -2.35. The minimum absolute atomic E-state index is 0.0188. The van der Waals surface area contributed by atoms with Crippen LogP contribution in [0.1, 0.15) is 75.0 Å². The van der Waals surface area contributed by atoms with Crippen LogP contribution >= 0.6 is 0 Å². The van der Waals surface area contributed by atoms with Gasteiger partial charge in [0, 0.05) is 0 Å². The van der Waals surface area contributed by atoms with Crippen LogP contribution in [0.25, 0.3) is 0 Å². The number of carbonyl (C=O) groups excluding carboxylic acids is 6. The number of hydrogen-bond donors (Lipinski definition) is 0. The molecule has 3 aliphatic rings. The van der Waals surface area contributed by atoms with E-state index in [0.29, 0.717) is 12.8 Å². The van der Waals surface area contributed by atoms with Crippen molar-refractivity contribution in [2.24, 2.45) is 0 Å². The molecule has 0 aromatic heterocycles. The van der Waals surface area contributed by atoms with Crippen molar-refractivity contribution in [3.05, 3.63) is 69.8 Å². The molecule has 0 N–H and O–H groups in total. The van der Waals surface area contributed by atoms with Crippen LogP contribution < -0.4 is 0 Å². The Balaban J connectivity index is 1.24. The number of esters is 6. The van der Waals surface area contributed by atoms with E-state index in [1.807, 2.05) is 0 Å². The zero-order valence-electron chi connectivity index (χ0n) is 16.1. The average Bonchev–Trinajstić information content (AvgIpc) is 3.22. The van der Waals surface area contributed by atoms with Crippen LogP contribution in [0.5, 0.6) is 0 Å². The predicted octanol–water partition coefficient (Wildman–Crippen LogP) is 1.85. The zero-order valence-corrected chi connectivity index (χ0v) is 16.1. The van der Waals surface area contributed by atoms with Crippen molar-refractivity contribution in [2.45, 2.75) is 25.0 Å². The van der Waals surface area contributed by atoms with Crippen molar-refractivity contribution in [1.29, 1.82) is 0 Å². The van der Waals surface area contributed by atoms with Crippen molar-refractivity contribution < 1.29 is 47.7 Å². The molecule has 10 nitrogen and oxygen atoms in total. The first-order chi connectivity index (χ1) is 15.3. The Kier molecular flexibility index (Phi) is 4.36. The molecule has 1 aliphatic carbocycles. The predicted molar refractivity (Wildman–Crippen MR) is 100 cm³/mol. The molecular formula is C22H12O10. The maximum absolute atomic E-state index is 12.4. The first kappa shape index (κ1) is 19.6. The Bertz CT molecular complexity index is 1160. The maximum Gasteiger partial charge on any atom is 0.346 e. The number of fused-ring (bicyclic) bond motifs is 2. The monoisotopic (exact) mass is 436 g/mol. The van der Waals surface area contributed by atoms with Gasteiger partial charge in [0.15, 0.2) is 0 Å². The Hall–Kier alpha value is -4.34. The molecule has 0 amide bonds. The van der Waals surface area contributed by atoms with E-state index in [9.17, 15) is 28.8 Å². The highest BCUT2D eigenvalue weighted by molar-refractivity contribution is 6.16. The molecule has 2 atom stereocenters. The molecule has 1 saturated carbocycles. The van der Waals surface area contributed by atoms with Gasteiger partial charge in [-0.3, -0.25) is 0 Å². The topological polar surface area (TPSA) is 139 Å². The molecule has 1 fully saturated rings. The number of benzene rings is 2. The zero-order chi connectivity index (χ0) is 22.6. The molecule has 0 spiro atoms. The van der Waals surface area contributed by atoms with Crippen molar-refractivity contribution >= 4 is 35.8 Å². The Morgan fingerprint density at radius 3 is 1.38 bits per heavy atom. The SMILES string of the molecule is O=C(OC1CCC1OC(=O)c1ccc2c(c1)C(=O)OC2=O)c1ccc2c(c1)C(=O)OC2=O. The van der Waals surface area contributed by atoms with Gasteiger partial charge in [0.2, 0.25) is 0 Å². The van der Waals surface area contributed by atoms with E-state index in [4.69, 9.17) is 9.47 Å². The van der Waals surface area contributed by atoms with E-state index in [1.54, 1.807) is 0 Å². The fraction of sp³-hybridized carbons (Fsp3) is 0.182.